The minimum absolute atomic E-state index is 0.125. The van der Waals surface area contributed by atoms with Gasteiger partial charge in [0.15, 0.2) is 5.82 Å². The Morgan fingerprint density at radius 2 is 2.42 bits per heavy atom. The standard InChI is InChI=1S/C13H15N3O3/c1-4-9-6-10(17)16(7-9)12-11(8(3)14-15-12)13(18)19-5-2/h1,9H,5-7H2,2-3H3,(H,14,15). The third kappa shape index (κ3) is 2.32. The van der Waals surface area contributed by atoms with E-state index in [2.05, 4.69) is 16.1 Å². The van der Waals surface area contributed by atoms with Crippen LogP contribution in [0.1, 0.15) is 29.4 Å². The molecule has 100 valence electrons. The van der Waals surface area contributed by atoms with Crippen LogP contribution < -0.4 is 4.90 Å². The second kappa shape index (κ2) is 5.14. The predicted molar refractivity (Wildman–Crippen MR) is 68.6 cm³/mol. The molecule has 1 aliphatic heterocycles. The number of aromatic amines is 1. The van der Waals surface area contributed by atoms with Crippen molar-refractivity contribution in [2.45, 2.75) is 20.3 Å². The molecule has 6 nitrogen and oxygen atoms in total. The van der Waals surface area contributed by atoms with Crippen molar-refractivity contribution >= 4 is 17.7 Å². The number of ether oxygens (including phenoxy) is 1. The minimum atomic E-state index is -0.485. The molecule has 1 unspecified atom stereocenters. The zero-order valence-electron chi connectivity index (χ0n) is 10.9. The number of carbonyl (C=O) groups is 2. The van der Waals surface area contributed by atoms with Crippen molar-refractivity contribution in [3.63, 3.8) is 0 Å². The third-order valence-corrected chi connectivity index (χ3v) is 3.02. The van der Waals surface area contributed by atoms with E-state index in [-0.39, 0.29) is 24.9 Å². The monoisotopic (exact) mass is 261 g/mol. The van der Waals surface area contributed by atoms with Gasteiger partial charge in [-0.05, 0) is 13.8 Å². The number of aryl methyl sites for hydroxylation is 1. The van der Waals surface area contributed by atoms with Gasteiger partial charge >= 0.3 is 5.97 Å². The highest BCUT2D eigenvalue weighted by atomic mass is 16.5. The van der Waals surface area contributed by atoms with Crippen molar-refractivity contribution in [1.82, 2.24) is 10.2 Å². The molecule has 2 rings (SSSR count). The fourth-order valence-electron chi connectivity index (χ4n) is 2.08. The first-order chi connectivity index (χ1) is 9.08. The number of nitrogens with zero attached hydrogens (tertiary/aromatic N) is 2. The maximum atomic E-state index is 11.9. The van der Waals surface area contributed by atoms with Gasteiger partial charge in [0, 0.05) is 24.6 Å². The van der Waals surface area contributed by atoms with Crippen LogP contribution in [-0.4, -0.2) is 35.2 Å². The molecule has 1 atom stereocenters. The number of rotatable bonds is 3. The highest BCUT2D eigenvalue weighted by molar-refractivity contribution is 6.03. The SMILES string of the molecule is C#CC1CC(=O)N(c2n[nH]c(C)c2C(=O)OCC)C1. The van der Waals surface area contributed by atoms with Crippen LogP contribution in [0.2, 0.25) is 0 Å². The van der Waals surface area contributed by atoms with Crippen molar-refractivity contribution in [3.8, 4) is 12.3 Å². The lowest BCUT2D eigenvalue weighted by Crippen LogP contribution is -2.27. The summed E-state index contributed by atoms with van der Waals surface area (Å²) >= 11 is 0. The lowest BCUT2D eigenvalue weighted by molar-refractivity contribution is -0.117. The molecule has 0 radical (unpaired) electrons. The van der Waals surface area contributed by atoms with Crippen LogP contribution in [0.3, 0.4) is 0 Å². The first kappa shape index (κ1) is 13.1. The van der Waals surface area contributed by atoms with E-state index in [0.29, 0.717) is 23.6 Å². The van der Waals surface area contributed by atoms with Crippen LogP contribution in [0, 0.1) is 25.2 Å². The van der Waals surface area contributed by atoms with Crippen LogP contribution in [0.15, 0.2) is 0 Å². The Kier molecular flexibility index (Phi) is 3.56. The molecule has 1 aromatic heterocycles. The zero-order chi connectivity index (χ0) is 14.0. The van der Waals surface area contributed by atoms with Crippen molar-refractivity contribution in [2.24, 2.45) is 5.92 Å². The fourth-order valence-corrected chi connectivity index (χ4v) is 2.08. The second-order valence-electron chi connectivity index (χ2n) is 4.34. The van der Waals surface area contributed by atoms with Gasteiger partial charge in [0.1, 0.15) is 5.56 Å². The van der Waals surface area contributed by atoms with Crippen LogP contribution >= 0.6 is 0 Å². The Morgan fingerprint density at radius 3 is 3.00 bits per heavy atom. The summed E-state index contributed by atoms with van der Waals surface area (Å²) in [5.74, 6) is 2.11. The van der Waals surface area contributed by atoms with E-state index in [1.54, 1.807) is 13.8 Å². The van der Waals surface area contributed by atoms with Crippen LogP contribution in [0.5, 0.6) is 0 Å². The second-order valence-corrected chi connectivity index (χ2v) is 4.34. The van der Waals surface area contributed by atoms with Gasteiger partial charge in [-0.25, -0.2) is 4.79 Å². The first-order valence-electron chi connectivity index (χ1n) is 6.07. The smallest absolute Gasteiger partial charge is 0.343 e. The number of hydrogen-bond acceptors (Lipinski definition) is 4. The molecule has 1 saturated heterocycles. The van der Waals surface area contributed by atoms with E-state index in [1.165, 1.54) is 4.90 Å². The molecule has 1 fully saturated rings. The Hall–Kier alpha value is -2.29. The maximum absolute atomic E-state index is 11.9. The summed E-state index contributed by atoms with van der Waals surface area (Å²) in [6.07, 6.45) is 5.62. The lowest BCUT2D eigenvalue weighted by Gasteiger charge is -2.14. The maximum Gasteiger partial charge on any atom is 0.343 e. The predicted octanol–water partition coefficient (Wildman–Crippen LogP) is 0.881. The van der Waals surface area contributed by atoms with Gasteiger partial charge in [-0.3, -0.25) is 14.8 Å². The third-order valence-electron chi connectivity index (χ3n) is 3.02. The van der Waals surface area contributed by atoms with E-state index < -0.39 is 5.97 Å². The molecule has 1 N–H and O–H groups in total. The van der Waals surface area contributed by atoms with Gasteiger partial charge in [-0.15, -0.1) is 12.3 Å². The van der Waals surface area contributed by atoms with Crippen molar-refractivity contribution in [2.75, 3.05) is 18.1 Å². The average molecular weight is 261 g/mol. The highest BCUT2D eigenvalue weighted by Crippen LogP contribution is 2.28. The summed E-state index contributed by atoms with van der Waals surface area (Å²) in [5.41, 5.74) is 0.873. The minimum Gasteiger partial charge on any atom is -0.462 e. The number of terminal acetylenes is 1. The van der Waals surface area contributed by atoms with Gasteiger partial charge in [0.2, 0.25) is 5.91 Å². The molecule has 19 heavy (non-hydrogen) atoms. The summed E-state index contributed by atoms with van der Waals surface area (Å²) in [4.78, 5) is 25.3. The lowest BCUT2D eigenvalue weighted by atomic mass is 10.1. The van der Waals surface area contributed by atoms with Gasteiger partial charge in [0.25, 0.3) is 0 Å². The van der Waals surface area contributed by atoms with E-state index in [0.717, 1.165) is 0 Å². The average Bonchev–Trinajstić information content (AvgIpc) is 2.92. The topological polar surface area (TPSA) is 75.3 Å². The van der Waals surface area contributed by atoms with Crippen molar-refractivity contribution < 1.29 is 14.3 Å². The van der Waals surface area contributed by atoms with Gasteiger partial charge in [0.05, 0.1) is 6.61 Å². The van der Waals surface area contributed by atoms with Crippen molar-refractivity contribution in [3.05, 3.63) is 11.3 Å². The van der Waals surface area contributed by atoms with Crippen LogP contribution in [0.4, 0.5) is 5.82 Å². The van der Waals surface area contributed by atoms with Gasteiger partial charge < -0.3 is 4.74 Å². The number of nitrogens with one attached hydrogen (secondary N) is 1. The zero-order valence-corrected chi connectivity index (χ0v) is 10.9. The summed E-state index contributed by atoms with van der Waals surface area (Å²) in [6.45, 7) is 4.08. The first-order valence-corrected chi connectivity index (χ1v) is 6.07. The summed E-state index contributed by atoms with van der Waals surface area (Å²) in [7, 11) is 0. The number of hydrogen-bond donors (Lipinski definition) is 1. The number of H-pyrrole nitrogens is 1. The molecule has 0 aromatic carbocycles. The summed E-state index contributed by atoms with van der Waals surface area (Å²) in [5, 5.41) is 6.74. The molecule has 0 spiro atoms. The normalized spacial score (nSPS) is 18.5. The number of esters is 1. The van der Waals surface area contributed by atoms with E-state index in [9.17, 15) is 9.59 Å². The number of amides is 1. The van der Waals surface area contributed by atoms with Crippen LogP contribution in [0.25, 0.3) is 0 Å². The quantitative estimate of drug-likeness (QED) is 0.647. The Bertz CT molecular complexity index is 556. The molecule has 0 aliphatic carbocycles. The van der Waals surface area contributed by atoms with E-state index in [1.807, 2.05) is 0 Å². The summed E-state index contributed by atoms with van der Waals surface area (Å²) in [6, 6.07) is 0. The Balaban J connectivity index is 2.34. The molecule has 1 amide bonds. The molecular formula is C13H15N3O3. The van der Waals surface area contributed by atoms with Gasteiger partial charge in [-0.1, -0.05) is 0 Å². The number of carbonyl (C=O) groups excluding carboxylic acids is 2. The molecule has 6 heteroatoms. The molecule has 2 heterocycles. The Labute approximate surface area is 111 Å². The molecule has 1 aliphatic rings. The molecular weight excluding hydrogens is 246 g/mol. The van der Waals surface area contributed by atoms with E-state index in [4.69, 9.17) is 11.2 Å². The molecule has 0 saturated carbocycles. The van der Waals surface area contributed by atoms with E-state index >= 15 is 0 Å². The highest BCUT2D eigenvalue weighted by Gasteiger charge is 2.34. The van der Waals surface area contributed by atoms with Crippen molar-refractivity contribution in [1.29, 1.82) is 0 Å². The van der Waals surface area contributed by atoms with Crippen LogP contribution in [-0.2, 0) is 9.53 Å². The molecule has 0 bridgehead atoms. The largest absolute Gasteiger partial charge is 0.462 e. The van der Waals surface area contributed by atoms with Gasteiger partial charge in [-0.2, -0.15) is 5.10 Å². The number of anilines is 1. The fraction of sp³-hybridized carbons (Fsp3) is 0.462. The number of aromatic nitrogens is 2. The Morgan fingerprint density at radius 1 is 1.68 bits per heavy atom. The summed E-state index contributed by atoms with van der Waals surface area (Å²) < 4.78 is 4.98. The molecule has 1 aromatic rings.